The van der Waals surface area contributed by atoms with Crippen LogP contribution >= 0.6 is 0 Å². The van der Waals surface area contributed by atoms with Crippen molar-refractivity contribution < 1.29 is 8.42 Å². The maximum atomic E-state index is 12.5. The standard InChI is InChI=1S/C20H22N4O2S/c25-27(26,23-13-7-8-14-23)21-15-18-16-24(19-11-5-2-6-12-19)22-20(18)17-9-3-1-4-10-17/h1-6,9-12,16,21H,7-8,13-15H2. The fourth-order valence-corrected chi connectivity index (χ4v) is 4.54. The van der Waals surface area contributed by atoms with Gasteiger partial charge in [-0.05, 0) is 25.0 Å². The molecule has 6 nitrogen and oxygen atoms in total. The van der Waals surface area contributed by atoms with E-state index in [0.29, 0.717) is 13.1 Å². The molecule has 1 saturated heterocycles. The molecule has 1 fully saturated rings. The van der Waals surface area contributed by atoms with Gasteiger partial charge in [0.1, 0.15) is 0 Å². The summed E-state index contributed by atoms with van der Waals surface area (Å²) in [5, 5.41) is 4.72. The molecule has 7 heteroatoms. The second-order valence-corrected chi connectivity index (χ2v) is 8.34. The van der Waals surface area contributed by atoms with E-state index in [4.69, 9.17) is 5.10 Å². The van der Waals surface area contributed by atoms with Crippen LogP contribution < -0.4 is 4.72 Å². The van der Waals surface area contributed by atoms with Crippen molar-refractivity contribution in [3.8, 4) is 16.9 Å². The Kier molecular flexibility index (Phi) is 5.07. The normalized spacial score (nSPS) is 15.3. The maximum absolute atomic E-state index is 12.5. The molecule has 0 amide bonds. The third kappa shape index (κ3) is 3.95. The zero-order chi connectivity index (χ0) is 18.7. The van der Waals surface area contributed by atoms with Crippen LogP contribution in [-0.2, 0) is 16.8 Å². The van der Waals surface area contributed by atoms with Crippen molar-refractivity contribution >= 4 is 10.2 Å². The molecule has 0 unspecified atom stereocenters. The number of hydrogen-bond donors (Lipinski definition) is 1. The minimum Gasteiger partial charge on any atom is -0.240 e. The average molecular weight is 382 g/mol. The van der Waals surface area contributed by atoms with Gasteiger partial charge in [0.15, 0.2) is 0 Å². The first-order valence-corrected chi connectivity index (χ1v) is 10.5. The highest BCUT2D eigenvalue weighted by Crippen LogP contribution is 2.24. The first kappa shape index (κ1) is 17.9. The molecule has 0 aliphatic carbocycles. The van der Waals surface area contributed by atoms with E-state index in [1.165, 1.54) is 4.31 Å². The van der Waals surface area contributed by atoms with Crippen molar-refractivity contribution in [3.05, 3.63) is 72.4 Å². The van der Waals surface area contributed by atoms with Crippen LogP contribution in [0.1, 0.15) is 18.4 Å². The average Bonchev–Trinajstić information content (AvgIpc) is 3.38. The Hall–Kier alpha value is -2.48. The van der Waals surface area contributed by atoms with Crippen LogP contribution in [0.25, 0.3) is 16.9 Å². The second-order valence-electron chi connectivity index (χ2n) is 6.58. The Bertz CT molecular complexity index is 995. The number of nitrogens with zero attached hydrogens (tertiary/aromatic N) is 3. The molecular formula is C20H22N4O2S. The molecule has 0 spiro atoms. The SMILES string of the molecule is O=S(=O)(NCc1cn(-c2ccccc2)nc1-c1ccccc1)N1CCCC1. The third-order valence-electron chi connectivity index (χ3n) is 4.71. The monoisotopic (exact) mass is 382 g/mol. The fourth-order valence-electron chi connectivity index (χ4n) is 3.28. The number of para-hydroxylation sites is 1. The first-order chi connectivity index (χ1) is 13.1. The van der Waals surface area contributed by atoms with Gasteiger partial charge in [-0.1, -0.05) is 48.5 Å². The number of benzene rings is 2. The summed E-state index contributed by atoms with van der Waals surface area (Å²) in [6, 6.07) is 19.6. The highest BCUT2D eigenvalue weighted by Gasteiger charge is 2.25. The first-order valence-electron chi connectivity index (χ1n) is 9.08. The Morgan fingerprint density at radius 2 is 1.56 bits per heavy atom. The quantitative estimate of drug-likeness (QED) is 0.713. The molecule has 27 heavy (non-hydrogen) atoms. The van der Waals surface area contributed by atoms with E-state index in [1.54, 1.807) is 4.68 Å². The molecule has 1 aromatic heterocycles. The number of rotatable bonds is 6. The van der Waals surface area contributed by atoms with Crippen molar-refractivity contribution in [1.82, 2.24) is 18.8 Å². The van der Waals surface area contributed by atoms with Crippen LogP contribution in [-0.4, -0.2) is 35.6 Å². The van der Waals surface area contributed by atoms with Gasteiger partial charge in [-0.25, -0.2) is 4.68 Å². The predicted molar refractivity (Wildman–Crippen MR) is 106 cm³/mol. The van der Waals surface area contributed by atoms with Crippen LogP contribution in [0.2, 0.25) is 0 Å². The molecule has 140 valence electrons. The summed E-state index contributed by atoms with van der Waals surface area (Å²) in [5.41, 5.74) is 3.52. The molecule has 0 atom stereocenters. The lowest BCUT2D eigenvalue weighted by Gasteiger charge is -2.15. The van der Waals surface area contributed by atoms with E-state index >= 15 is 0 Å². The van der Waals surface area contributed by atoms with Crippen LogP contribution in [0.5, 0.6) is 0 Å². The van der Waals surface area contributed by atoms with Crippen molar-refractivity contribution in [1.29, 1.82) is 0 Å². The van der Waals surface area contributed by atoms with Gasteiger partial charge in [-0.2, -0.15) is 22.5 Å². The van der Waals surface area contributed by atoms with Crippen molar-refractivity contribution in [3.63, 3.8) is 0 Å². The smallest absolute Gasteiger partial charge is 0.240 e. The molecule has 2 aromatic carbocycles. The highest BCUT2D eigenvalue weighted by atomic mass is 32.2. The van der Waals surface area contributed by atoms with Crippen LogP contribution in [0.4, 0.5) is 0 Å². The molecule has 4 rings (SSSR count). The lowest BCUT2D eigenvalue weighted by atomic mass is 10.1. The van der Waals surface area contributed by atoms with Crippen molar-refractivity contribution in [2.75, 3.05) is 13.1 Å². The molecule has 0 radical (unpaired) electrons. The lowest BCUT2D eigenvalue weighted by Crippen LogP contribution is -2.38. The number of nitrogens with one attached hydrogen (secondary N) is 1. The summed E-state index contributed by atoms with van der Waals surface area (Å²) < 4.78 is 31.1. The van der Waals surface area contributed by atoms with Crippen LogP contribution in [0, 0.1) is 0 Å². The largest absolute Gasteiger partial charge is 0.279 e. The maximum Gasteiger partial charge on any atom is 0.279 e. The van der Waals surface area contributed by atoms with E-state index in [0.717, 1.165) is 35.3 Å². The van der Waals surface area contributed by atoms with Gasteiger partial charge in [0.25, 0.3) is 10.2 Å². The summed E-state index contributed by atoms with van der Waals surface area (Å²) in [6.45, 7) is 1.38. The lowest BCUT2D eigenvalue weighted by molar-refractivity contribution is 0.465. The number of hydrogen-bond acceptors (Lipinski definition) is 3. The number of aromatic nitrogens is 2. The van der Waals surface area contributed by atoms with Gasteiger partial charge in [0.2, 0.25) is 0 Å². The summed E-state index contributed by atoms with van der Waals surface area (Å²) in [6.07, 6.45) is 3.73. The van der Waals surface area contributed by atoms with Gasteiger partial charge in [-0.3, -0.25) is 0 Å². The Balaban J connectivity index is 1.65. The Morgan fingerprint density at radius 1 is 0.926 bits per heavy atom. The summed E-state index contributed by atoms with van der Waals surface area (Å²) in [5.74, 6) is 0. The molecule has 2 heterocycles. The molecular weight excluding hydrogens is 360 g/mol. The van der Waals surface area contributed by atoms with E-state index in [2.05, 4.69) is 4.72 Å². The van der Waals surface area contributed by atoms with Gasteiger partial charge in [0, 0.05) is 37.0 Å². The highest BCUT2D eigenvalue weighted by molar-refractivity contribution is 7.87. The van der Waals surface area contributed by atoms with Crippen molar-refractivity contribution in [2.45, 2.75) is 19.4 Å². The zero-order valence-electron chi connectivity index (χ0n) is 15.0. The fraction of sp³-hybridized carbons (Fsp3) is 0.250. The van der Waals surface area contributed by atoms with Gasteiger partial charge >= 0.3 is 0 Å². The van der Waals surface area contributed by atoms with Gasteiger partial charge < -0.3 is 0 Å². The molecule has 1 aliphatic rings. The summed E-state index contributed by atoms with van der Waals surface area (Å²) >= 11 is 0. The second kappa shape index (κ2) is 7.64. The zero-order valence-corrected chi connectivity index (χ0v) is 15.8. The molecule has 0 saturated carbocycles. The molecule has 1 N–H and O–H groups in total. The van der Waals surface area contributed by atoms with E-state index in [1.807, 2.05) is 66.9 Å². The Morgan fingerprint density at radius 3 is 2.22 bits per heavy atom. The van der Waals surface area contributed by atoms with Gasteiger partial charge in [-0.15, -0.1) is 0 Å². The van der Waals surface area contributed by atoms with E-state index < -0.39 is 10.2 Å². The minimum atomic E-state index is -3.47. The predicted octanol–water partition coefficient (Wildman–Crippen LogP) is 2.97. The van der Waals surface area contributed by atoms with Gasteiger partial charge in [0.05, 0.1) is 11.4 Å². The summed E-state index contributed by atoms with van der Waals surface area (Å²) in [7, 11) is -3.47. The molecule has 0 bridgehead atoms. The molecule has 1 aliphatic heterocycles. The van der Waals surface area contributed by atoms with Crippen LogP contribution in [0.15, 0.2) is 66.9 Å². The topological polar surface area (TPSA) is 67.2 Å². The minimum absolute atomic E-state index is 0.204. The summed E-state index contributed by atoms with van der Waals surface area (Å²) in [4.78, 5) is 0. The van der Waals surface area contributed by atoms with Crippen LogP contribution in [0.3, 0.4) is 0 Å². The third-order valence-corrected chi connectivity index (χ3v) is 6.26. The van der Waals surface area contributed by atoms with Crippen molar-refractivity contribution in [2.24, 2.45) is 0 Å². The van der Waals surface area contributed by atoms with E-state index in [-0.39, 0.29) is 6.54 Å². The Labute approximate surface area is 159 Å². The van der Waals surface area contributed by atoms with E-state index in [9.17, 15) is 8.42 Å². The molecule has 3 aromatic rings.